The van der Waals surface area contributed by atoms with E-state index in [0.29, 0.717) is 6.04 Å². The van der Waals surface area contributed by atoms with Crippen LogP contribution in [-0.2, 0) is 11.4 Å². The fraction of sp³-hybridized carbons (Fsp3) is 0.435. The highest BCUT2D eigenvalue weighted by Crippen LogP contribution is 2.30. The number of rotatable bonds is 6. The number of benzene rings is 2. The van der Waals surface area contributed by atoms with Crippen LogP contribution in [0, 0.1) is 0 Å². The van der Waals surface area contributed by atoms with Crippen LogP contribution in [0.4, 0.5) is 13.2 Å². The normalized spacial score (nSPS) is 15.4. The molecule has 1 heterocycles. The van der Waals surface area contributed by atoms with Gasteiger partial charge in [0, 0.05) is 37.8 Å². The number of halogens is 3. The van der Waals surface area contributed by atoms with E-state index in [0.717, 1.165) is 55.0 Å². The van der Waals surface area contributed by atoms with Crippen LogP contribution >= 0.6 is 0 Å². The predicted molar refractivity (Wildman–Crippen MR) is 116 cm³/mol. The smallest absolute Gasteiger partial charge is 0.490 e. The van der Waals surface area contributed by atoms with Crippen molar-refractivity contribution in [1.82, 2.24) is 10.2 Å². The molecule has 0 saturated carbocycles. The number of carboxylic acids is 1. The molecular formula is C23H29F3N2O4. The van der Waals surface area contributed by atoms with E-state index in [1.807, 2.05) is 18.2 Å². The second-order valence-electron chi connectivity index (χ2n) is 7.32. The van der Waals surface area contributed by atoms with Crippen LogP contribution in [-0.4, -0.2) is 60.5 Å². The monoisotopic (exact) mass is 454 g/mol. The highest BCUT2D eigenvalue weighted by Gasteiger charge is 2.38. The van der Waals surface area contributed by atoms with Crippen molar-refractivity contribution in [3.05, 3.63) is 53.6 Å². The predicted octanol–water partition coefficient (Wildman–Crippen LogP) is 3.84. The van der Waals surface area contributed by atoms with Gasteiger partial charge >= 0.3 is 12.1 Å². The summed E-state index contributed by atoms with van der Waals surface area (Å²) in [5.41, 5.74) is 4.46. The third kappa shape index (κ3) is 6.94. The van der Waals surface area contributed by atoms with Gasteiger partial charge in [0.2, 0.25) is 0 Å². The number of methoxy groups -OCH3 is 1. The van der Waals surface area contributed by atoms with Crippen LogP contribution in [0.5, 0.6) is 5.75 Å². The summed E-state index contributed by atoms with van der Waals surface area (Å²) in [6.45, 7) is 6.61. The Labute approximate surface area is 185 Å². The molecule has 0 spiro atoms. The van der Waals surface area contributed by atoms with Crippen molar-refractivity contribution in [2.45, 2.75) is 32.2 Å². The summed E-state index contributed by atoms with van der Waals surface area (Å²) < 4.78 is 37.0. The first kappa shape index (κ1) is 25.6. The van der Waals surface area contributed by atoms with Crippen molar-refractivity contribution in [3.8, 4) is 16.9 Å². The average Bonchev–Trinajstić information content (AvgIpc) is 2.80. The number of carbonyl (C=O) groups is 1. The zero-order valence-corrected chi connectivity index (χ0v) is 18.2. The van der Waals surface area contributed by atoms with Crippen molar-refractivity contribution in [1.29, 1.82) is 0 Å². The largest absolute Gasteiger partial charge is 0.496 e. The molecular weight excluding hydrogens is 425 g/mol. The summed E-state index contributed by atoms with van der Waals surface area (Å²) in [7, 11) is 1.63. The van der Waals surface area contributed by atoms with Crippen molar-refractivity contribution >= 4 is 5.97 Å². The lowest BCUT2D eigenvalue weighted by Gasteiger charge is -2.34. The summed E-state index contributed by atoms with van der Waals surface area (Å²) in [5, 5.41) is 20.1. The van der Waals surface area contributed by atoms with E-state index >= 15 is 0 Å². The maximum absolute atomic E-state index is 10.6. The minimum atomic E-state index is -5.08. The second-order valence-corrected chi connectivity index (χ2v) is 7.32. The number of alkyl halides is 3. The van der Waals surface area contributed by atoms with Gasteiger partial charge in [0.1, 0.15) is 5.75 Å². The number of nitrogens with one attached hydrogen (secondary N) is 1. The van der Waals surface area contributed by atoms with Crippen molar-refractivity contribution < 1.29 is 32.9 Å². The Morgan fingerprint density at radius 2 is 1.69 bits per heavy atom. The Balaban J connectivity index is 0.000000451. The summed E-state index contributed by atoms with van der Waals surface area (Å²) in [4.78, 5) is 11.5. The number of carboxylic acid groups (broad SMARTS) is 1. The Hall–Kier alpha value is -2.62. The fourth-order valence-corrected chi connectivity index (χ4v) is 3.68. The number of nitrogens with zero attached hydrogens (tertiary/aromatic N) is 1. The zero-order valence-electron chi connectivity index (χ0n) is 18.2. The van der Waals surface area contributed by atoms with Gasteiger partial charge < -0.3 is 20.3 Å². The molecule has 0 aromatic heterocycles. The highest BCUT2D eigenvalue weighted by atomic mass is 19.4. The Kier molecular flexibility index (Phi) is 9.49. The summed E-state index contributed by atoms with van der Waals surface area (Å²) >= 11 is 0. The van der Waals surface area contributed by atoms with E-state index in [1.165, 1.54) is 5.56 Å². The van der Waals surface area contributed by atoms with Crippen molar-refractivity contribution in [2.75, 3.05) is 33.3 Å². The molecule has 32 heavy (non-hydrogen) atoms. The van der Waals surface area contributed by atoms with Crippen LogP contribution in [0.15, 0.2) is 42.5 Å². The molecule has 2 aromatic carbocycles. The minimum Gasteiger partial charge on any atom is -0.496 e. The summed E-state index contributed by atoms with van der Waals surface area (Å²) in [6, 6.07) is 15.3. The molecule has 0 radical (unpaired) electrons. The first-order chi connectivity index (χ1) is 15.2. The molecule has 0 bridgehead atoms. The van der Waals surface area contributed by atoms with Gasteiger partial charge in [-0.1, -0.05) is 37.3 Å². The SMILES string of the molecule is CCC(c1ccc(-c2ccc(OC)c(CO)c2)cc1)N1CCNCC1.O=C(O)C(F)(F)F. The Morgan fingerprint density at radius 3 is 2.16 bits per heavy atom. The van der Waals surface area contributed by atoms with E-state index in [1.54, 1.807) is 7.11 Å². The molecule has 0 aliphatic carbocycles. The molecule has 1 aliphatic rings. The van der Waals surface area contributed by atoms with Gasteiger partial charge in [-0.15, -0.1) is 0 Å². The molecule has 1 fully saturated rings. The Bertz CT molecular complexity index is 867. The first-order valence-electron chi connectivity index (χ1n) is 10.3. The van der Waals surface area contributed by atoms with Crippen LogP contribution < -0.4 is 10.1 Å². The van der Waals surface area contributed by atoms with Gasteiger partial charge in [0.25, 0.3) is 0 Å². The van der Waals surface area contributed by atoms with Crippen LogP contribution in [0.25, 0.3) is 11.1 Å². The topological polar surface area (TPSA) is 82.0 Å². The standard InChI is InChI=1S/C21H28N2O2.C2HF3O2/c1-3-20(23-12-10-22-11-13-23)17-6-4-16(5-7-17)18-8-9-21(25-2)19(14-18)15-24;3-2(4,5)1(6)7/h4-9,14,20,22,24H,3,10-13,15H2,1-2H3;(H,6,7). The van der Waals surface area contributed by atoms with Crippen LogP contribution in [0.3, 0.4) is 0 Å². The Morgan fingerprint density at radius 1 is 1.12 bits per heavy atom. The third-order valence-electron chi connectivity index (χ3n) is 5.30. The van der Waals surface area contributed by atoms with Gasteiger partial charge in [0.15, 0.2) is 0 Å². The van der Waals surface area contributed by atoms with E-state index in [2.05, 4.69) is 41.4 Å². The lowest BCUT2D eigenvalue weighted by Crippen LogP contribution is -2.45. The number of hydrogen-bond acceptors (Lipinski definition) is 5. The van der Waals surface area contributed by atoms with E-state index < -0.39 is 12.1 Å². The van der Waals surface area contributed by atoms with Gasteiger partial charge in [-0.25, -0.2) is 4.79 Å². The number of aliphatic hydroxyl groups excluding tert-OH is 1. The molecule has 6 nitrogen and oxygen atoms in total. The third-order valence-corrected chi connectivity index (χ3v) is 5.30. The molecule has 176 valence electrons. The lowest BCUT2D eigenvalue weighted by atomic mass is 9.97. The van der Waals surface area contributed by atoms with Gasteiger partial charge in [-0.05, 0) is 35.2 Å². The first-order valence-corrected chi connectivity index (χ1v) is 10.3. The molecule has 3 N–H and O–H groups in total. The van der Waals surface area contributed by atoms with Gasteiger partial charge in [-0.3, -0.25) is 4.90 Å². The number of ether oxygens (including phenoxy) is 1. The maximum atomic E-state index is 10.6. The van der Waals surface area contributed by atoms with E-state index in [9.17, 15) is 18.3 Å². The molecule has 1 aliphatic heterocycles. The molecule has 0 amide bonds. The van der Waals surface area contributed by atoms with Gasteiger partial charge in [0.05, 0.1) is 13.7 Å². The van der Waals surface area contributed by atoms with Crippen molar-refractivity contribution in [3.63, 3.8) is 0 Å². The van der Waals surface area contributed by atoms with E-state index in [-0.39, 0.29) is 6.61 Å². The number of aliphatic carboxylic acids is 1. The quantitative estimate of drug-likeness (QED) is 0.615. The number of aliphatic hydroxyl groups is 1. The van der Waals surface area contributed by atoms with Crippen LogP contribution in [0.1, 0.15) is 30.5 Å². The molecule has 1 atom stereocenters. The maximum Gasteiger partial charge on any atom is 0.490 e. The molecule has 1 unspecified atom stereocenters. The number of hydrogen-bond donors (Lipinski definition) is 3. The lowest BCUT2D eigenvalue weighted by molar-refractivity contribution is -0.192. The highest BCUT2D eigenvalue weighted by molar-refractivity contribution is 5.73. The molecule has 1 saturated heterocycles. The minimum absolute atomic E-state index is 0.0179. The summed E-state index contributed by atoms with van der Waals surface area (Å²) in [5.74, 6) is -2.03. The molecule has 3 rings (SSSR count). The van der Waals surface area contributed by atoms with Crippen LogP contribution in [0.2, 0.25) is 0 Å². The van der Waals surface area contributed by atoms with Gasteiger partial charge in [-0.2, -0.15) is 13.2 Å². The second kappa shape index (κ2) is 11.8. The average molecular weight is 454 g/mol. The molecule has 2 aromatic rings. The van der Waals surface area contributed by atoms with E-state index in [4.69, 9.17) is 14.6 Å². The summed E-state index contributed by atoms with van der Waals surface area (Å²) in [6.07, 6.45) is -3.96. The van der Waals surface area contributed by atoms with Crippen molar-refractivity contribution in [2.24, 2.45) is 0 Å². The fourth-order valence-electron chi connectivity index (χ4n) is 3.68. The zero-order chi connectivity index (χ0) is 23.7. The molecule has 9 heteroatoms. The number of piperazine rings is 1.